The fourth-order valence-corrected chi connectivity index (χ4v) is 2.68. The molecule has 1 N–H and O–H groups in total. The Bertz CT molecular complexity index is 362. The first kappa shape index (κ1) is 13.5. The zero-order valence-electron chi connectivity index (χ0n) is 11.8. The molecule has 0 radical (unpaired) electrons. The maximum absolute atomic E-state index is 5.33. The summed E-state index contributed by atoms with van der Waals surface area (Å²) in [4.78, 5) is 4.54. The van der Waals surface area contributed by atoms with Crippen molar-refractivity contribution in [2.75, 3.05) is 6.54 Å². The number of nitrogens with one attached hydrogen (secondary N) is 1. The Morgan fingerprint density at radius 3 is 2.89 bits per heavy atom. The topological polar surface area (TPSA) is 51.0 Å². The number of hydrogen-bond donors (Lipinski definition) is 1. The van der Waals surface area contributed by atoms with Gasteiger partial charge in [0, 0.05) is 24.9 Å². The van der Waals surface area contributed by atoms with Gasteiger partial charge in [-0.25, -0.2) is 0 Å². The van der Waals surface area contributed by atoms with Gasteiger partial charge in [-0.15, -0.1) is 0 Å². The second kappa shape index (κ2) is 6.32. The maximum atomic E-state index is 5.33. The molecule has 4 nitrogen and oxygen atoms in total. The Hall–Kier alpha value is -0.900. The van der Waals surface area contributed by atoms with Crippen LogP contribution < -0.4 is 5.32 Å². The van der Waals surface area contributed by atoms with Gasteiger partial charge in [-0.1, -0.05) is 32.3 Å². The molecule has 1 aliphatic rings. The third-order valence-electron chi connectivity index (χ3n) is 3.86. The highest BCUT2D eigenvalue weighted by Crippen LogP contribution is 2.38. The second-order valence-electron chi connectivity index (χ2n) is 5.69. The van der Waals surface area contributed by atoms with Crippen molar-refractivity contribution >= 4 is 0 Å². The van der Waals surface area contributed by atoms with Crippen molar-refractivity contribution in [3.05, 3.63) is 11.7 Å². The molecule has 0 aromatic carbocycles. The molecule has 1 aliphatic carbocycles. The second-order valence-corrected chi connectivity index (χ2v) is 5.69. The standard InChI is InChI=1S/C14H25N3O/c1-4-11-5-6-12(9-11)14-16-13(18-17-14)7-8-15-10(2)3/h10-12,15H,4-9H2,1-3H3. The van der Waals surface area contributed by atoms with Crippen molar-refractivity contribution in [2.45, 2.75) is 64.8 Å². The van der Waals surface area contributed by atoms with Crippen LogP contribution in [0.4, 0.5) is 0 Å². The van der Waals surface area contributed by atoms with Crippen LogP contribution in [0.25, 0.3) is 0 Å². The number of hydrogen-bond acceptors (Lipinski definition) is 4. The third kappa shape index (κ3) is 3.55. The summed E-state index contributed by atoms with van der Waals surface area (Å²) in [6.45, 7) is 7.46. The zero-order chi connectivity index (χ0) is 13.0. The largest absolute Gasteiger partial charge is 0.339 e. The highest BCUT2D eigenvalue weighted by atomic mass is 16.5. The van der Waals surface area contributed by atoms with E-state index in [2.05, 4.69) is 36.2 Å². The van der Waals surface area contributed by atoms with E-state index in [-0.39, 0.29) is 0 Å². The van der Waals surface area contributed by atoms with Gasteiger partial charge in [0.05, 0.1) is 0 Å². The molecule has 1 aromatic rings. The average Bonchev–Trinajstić information content (AvgIpc) is 2.95. The first-order valence-electron chi connectivity index (χ1n) is 7.25. The molecule has 4 heteroatoms. The Balaban J connectivity index is 1.83. The van der Waals surface area contributed by atoms with Crippen LogP contribution in [0.15, 0.2) is 4.52 Å². The molecule has 18 heavy (non-hydrogen) atoms. The molecular formula is C14H25N3O. The highest BCUT2D eigenvalue weighted by molar-refractivity contribution is 4.99. The van der Waals surface area contributed by atoms with E-state index < -0.39 is 0 Å². The van der Waals surface area contributed by atoms with E-state index in [1.165, 1.54) is 25.7 Å². The summed E-state index contributed by atoms with van der Waals surface area (Å²) in [6.07, 6.45) is 5.88. The minimum Gasteiger partial charge on any atom is -0.339 e. The molecule has 2 unspecified atom stereocenters. The molecule has 1 aromatic heterocycles. The molecule has 0 aliphatic heterocycles. The predicted octanol–water partition coefficient (Wildman–Crippen LogP) is 2.90. The first-order chi connectivity index (χ1) is 8.69. The van der Waals surface area contributed by atoms with Crippen LogP contribution in [0.3, 0.4) is 0 Å². The first-order valence-corrected chi connectivity index (χ1v) is 7.25. The van der Waals surface area contributed by atoms with E-state index in [4.69, 9.17) is 4.52 Å². The van der Waals surface area contributed by atoms with E-state index in [0.29, 0.717) is 12.0 Å². The van der Waals surface area contributed by atoms with Crippen molar-refractivity contribution in [3.8, 4) is 0 Å². The molecule has 1 fully saturated rings. The minimum atomic E-state index is 0.507. The van der Waals surface area contributed by atoms with Gasteiger partial charge < -0.3 is 9.84 Å². The Morgan fingerprint density at radius 1 is 1.39 bits per heavy atom. The monoisotopic (exact) mass is 251 g/mol. The summed E-state index contributed by atoms with van der Waals surface area (Å²) >= 11 is 0. The number of nitrogens with zero attached hydrogens (tertiary/aromatic N) is 2. The number of aromatic nitrogens is 2. The van der Waals surface area contributed by atoms with Crippen LogP contribution in [0.2, 0.25) is 0 Å². The lowest BCUT2D eigenvalue weighted by molar-refractivity contribution is 0.365. The summed E-state index contributed by atoms with van der Waals surface area (Å²) < 4.78 is 5.33. The molecule has 1 heterocycles. The van der Waals surface area contributed by atoms with Gasteiger partial charge in [0.1, 0.15) is 0 Å². The van der Waals surface area contributed by atoms with Gasteiger partial charge in [-0.05, 0) is 25.2 Å². The predicted molar refractivity (Wildman–Crippen MR) is 71.5 cm³/mol. The molecule has 0 amide bonds. The Morgan fingerprint density at radius 2 is 2.22 bits per heavy atom. The van der Waals surface area contributed by atoms with E-state index in [0.717, 1.165) is 30.6 Å². The van der Waals surface area contributed by atoms with Crippen molar-refractivity contribution in [3.63, 3.8) is 0 Å². The lowest BCUT2D eigenvalue weighted by Gasteiger charge is -2.05. The van der Waals surface area contributed by atoms with E-state index >= 15 is 0 Å². The van der Waals surface area contributed by atoms with Crippen LogP contribution >= 0.6 is 0 Å². The van der Waals surface area contributed by atoms with Gasteiger partial charge in [0.25, 0.3) is 0 Å². The van der Waals surface area contributed by atoms with Crippen LogP contribution in [0.1, 0.15) is 64.1 Å². The molecule has 2 rings (SSSR count). The van der Waals surface area contributed by atoms with Gasteiger partial charge in [-0.3, -0.25) is 0 Å². The molecule has 102 valence electrons. The molecular weight excluding hydrogens is 226 g/mol. The van der Waals surface area contributed by atoms with Crippen molar-refractivity contribution in [2.24, 2.45) is 5.92 Å². The fourth-order valence-electron chi connectivity index (χ4n) is 2.68. The van der Waals surface area contributed by atoms with E-state index in [1.54, 1.807) is 0 Å². The van der Waals surface area contributed by atoms with Crippen molar-refractivity contribution in [1.29, 1.82) is 0 Å². The molecule has 1 saturated carbocycles. The van der Waals surface area contributed by atoms with Gasteiger partial charge >= 0.3 is 0 Å². The molecule has 0 spiro atoms. The van der Waals surface area contributed by atoms with Gasteiger partial charge in [0.2, 0.25) is 5.89 Å². The highest BCUT2D eigenvalue weighted by Gasteiger charge is 2.28. The lowest BCUT2D eigenvalue weighted by Crippen LogP contribution is -2.25. The molecule has 0 saturated heterocycles. The quantitative estimate of drug-likeness (QED) is 0.844. The zero-order valence-corrected chi connectivity index (χ0v) is 11.8. The summed E-state index contributed by atoms with van der Waals surface area (Å²) in [7, 11) is 0. The Labute approximate surface area is 110 Å². The van der Waals surface area contributed by atoms with E-state index in [9.17, 15) is 0 Å². The maximum Gasteiger partial charge on any atom is 0.227 e. The minimum absolute atomic E-state index is 0.507. The normalized spacial score (nSPS) is 24.0. The van der Waals surface area contributed by atoms with E-state index in [1.807, 2.05) is 0 Å². The number of rotatable bonds is 6. The van der Waals surface area contributed by atoms with Gasteiger partial charge in [-0.2, -0.15) is 4.98 Å². The van der Waals surface area contributed by atoms with Crippen LogP contribution in [0.5, 0.6) is 0 Å². The molecule has 2 atom stereocenters. The van der Waals surface area contributed by atoms with Crippen LogP contribution in [0, 0.1) is 5.92 Å². The third-order valence-corrected chi connectivity index (χ3v) is 3.86. The summed E-state index contributed by atoms with van der Waals surface area (Å²) in [5.74, 6) is 3.11. The smallest absolute Gasteiger partial charge is 0.227 e. The van der Waals surface area contributed by atoms with Crippen molar-refractivity contribution < 1.29 is 4.52 Å². The SMILES string of the molecule is CCC1CCC(c2noc(CCNC(C)C)n2)C1. The van der Waals surface area contributed by atoms with Crippen LogP contribution in [-0.4, -0.2) is 22.7 Å². The summed E-state index contributed by atoms with van der Waals surface area (Å²) in [5, 5.41) is 7.51. The Kier molecular flexibility index (Phi) is 4.75. The summed E-state index contributed by atoms with van der Waals surface area (Å²) in [6, 6.07) is 0.507. The lowest BCUT2D eigenvalue weighted by atomic mass is 10.0. The fraction of sp³-hybridized carbons (Fsp3) is 0.857. The van der Waals surface area contributed by atoms with Gasteiger partial charge in [0.15, 0.2) is 5.82 Å². The van der Waals surface area contributed by atoms with Crippen LogP contribution in [-0.2, 0) is 6.42 Å². The van der Waals surface area contributed by atoms with Crippen molar-refractivity contribution in [1.82, 2.24) is 15.5 Å². The average molecular weight is 251 g/mol. The molecule has 0 bridgehead atoms. The summed E-state index contributed by atoms with van der Waals surface area (Å²) in [5.41, 5.74) is 0.